The summed E-state index contributed by atoms with van der Waals surface area (Å²) < 4.78 is 10.5. The zero-order valence-corrected chi connectivity index (χ0v) is 18.6. The van der Waals surface area contributed by atoms with E-state index in [1.165, 1.54) is 11.8 Å². The van der Waals surface area contributed by atoms with Crippen LogP contribution >= 0.6 is 11.8 Å². The van der Waals surface area contributed by atoms with Crippen LogP contribution < -0.4 is 14.8 Å². The number of carbonyl (C=O) groups is 1. The molecule has 0 aliphatic rings. The maximum Gasteiger partial charge on any atom is 0.234 e. The summed E-state index contributed by atoms with van der Waals surface area (Å²) in [5, 5.41) is 3.66. The molecule has 7 heteroatoms. The fourth-order valence-electron chi connectivity index (χ4n) is 3.15. The lowest BCUT2D eigenvalue weighted by Gasteiger charge is -2.06. The highest BCUT2D eigenvalue weighted by molar-refractivity contribution is 8.00. The van der Waals surface area contributed by atoms with Crippen LogP contribution in [0.1, 0.15) is 0 Å². The van der Waals surface area contributed by atoms with Gasteiger partial charge < -0.3 is 19.8 Å². The van der Waals surface area contributed by atoms with E-state index in [1.54, 1.807) is 14.2 Å². The number of thioether (sulfide) groups is 1. The molecule has 32 heavy (non-hydrogen) atoms. The van der Waals surface area contributed by atoms with E-state index in [4.69, 9.17) is 14.5 Å². The molecule has 0 fully saturated rings. The van der Waals surface area contributed by atoms with Crippen LogP contribution in [0.3, 0.4) is 0 Å². The van der Waals surface area contributed by atoms with Gasteiger partial charge in [-0.1, -0.05) is 30.0 Å². The van der Waals surface area contributed by atoms with Gasteiger partial charge in [0.25, 0.3) is 0 Å². The molecule has 3 aromatic carbocycles. The number of aromatic nitrogens is 2. The summed E-state index contributed by atoms with van der Waals surface area (Å²) in [5.41, 5.74) is 3.52. The van der Waals surface area contributed by atoms with Crippen LogP contribution in [0, 0.1) is 0 Å². The van der Waals surface area contributed by atoms with Crippen LogP contribution in [0.25, 0.3) is 22.6 Å². The third kappa shape index (κ3) is 5.12. The second-order valence-corrected chi connectivity index (χ2v) is 7.89. The first-order valence-electron chi connectivity index (χ1n) is 10.0. The maximum absolute atomic E-state index is 12.5. The van der Waals surface area contributed by atoms with E-state index in [0.717, 1.165) is 44.9 Å². The summed E-state index contributed by atoms with van der Waals surface area (Å²) in [5.74, 6) is 2.44. The number of ether oxygens (including phenoxy) is 2. The predicted octanol–water partition coefficient (Wildman–Crippen LogP) is 5.49. The van der Waals surface area contributed by atoms with E-state index in [9.17, 15) is 4.79 Å². The molecule has 2 N–H and O–H groups in total. The Hall–Kier alpha value is -3.71. The molecule has 0 radical (unpaired) electrons. The normalized spacial score (nSPS) is 10.6. The van der Waals surface area contributed by atoms with Crippen LogP contribution in [-0.4, -0.2) is 35.8 Å². The minimum absolute atomic E-state index is 0.0871. The molecule has 0 saturated heterocycles. The molecule has 0 bridgehead atoms. The van der Waals surface area contributed by atoms with Crippen LogP contribution in [0.4, 0.5) is 5.69 Å². The zero-order chi connectivity index (χ0) is 22.3. The number of hydrogen-bond acceptors (Lipinski definition) is 5. The summed E-state index contributed by atoms with van der Waals surface area (Å²) in [6, 6.07) is 24.8. The summed E-state index contributed by atoms with van der Waals surface area (Å²) in [6.45, 7) is 0. The highest BCUT2D eigenvalue weighted by atomic mass is 32.2. The quantitative estimate of drug-likeness (QED) is 0.351. The molecule has 6 nitrogen and oxygen atoms in total. The van der Waals surface area contributed by atoms with Gasteiger partial charge in [-0.2, -0.15) is 0 Å². The molecular formula is C25H23N3O3S. The molecular weight excluding hydrogens is 422 g/mol. The second kappa shape index (κ2) is 10.1. The molecule has 0 saturated carbocycles. The third-order valence-electron chi connectivity index (χ3n) is 4.81. The van der Waals surface area contributed by atoms with Crippen molar-refractivity contribution in [2.45, 2.75) is 5.03 Å². The van der Waals surface area contributed by atoms with Gasteiger partial charge in [0.1, 0.15) is 22.3 Å². The smallest absolute Gasteiger partial charge is 0.234 e. The Balaban J connectivity index is 1.59. The number of carbonyl (C=O) groups excluding carboxylic acids is 1. The first-order valence-corrected chi connectivity index (χ1v) is 11.0. The number of aromatic amines is 1. The maximum atomic E-state index is 12.5. The largest absolute Gasteiger partial charge is 0.497 e. The van der Waals surface area contributed by atoms with Crippen molar-refractivity contribution in [2.24, 2.45) is 0 Å². The van der Waals surface area contributed by atoms with E-state index in [1.807, 2.05) is 78.9 Å². The topological polar surface area (TPSA) is 76.2 Å². The first kappa shape index (κ1) is 21.5. The molecule has 4 rings (SSSR count). The molecule has 0 aliphatic carbocycles. The Labute approximate surface area is 191 Å². The fourth-order valence-corrected chi connectivity index (χ4v) is 3.96. The number of methoxy groups -OCH3 is 2. The number of anilines is 1. The standard InChI is InChI=1S/C25H23N3O3S/c1-30-20-12-8-17(9-13-20)23-25(32-16-22(29)26-19-6-4-3-5-7-19)28-24(27-23)18-10-14-21(31-2)15-11-18/h3-15H,16H2,1-2H3,(H,26,29)(H,27,28). The number of amides is 1. The molecule has 1 amide bonds. The summed E-state index contributed by atoms with van der Waals surface area (Å²) in [4.78, 5) is 20.7. The Bertz CT molecular complexity index is 1170. The third-order valence-corrected chi connectivity index (χ3v) is 5.79. The minimum Gasteiger partial charge on any atom is -0.497 e. The molecule has 0 unspecified atom stereocenters. The Morgan fingerprint density at radius 2 is 1.47 bits per heavy atom. The van der Waals surface area contributed by atoms with Gasteiger partial charge in [0.15, 0.2) is 0 Å². The average molecular weight is 446 g/mol. The van der Waals surface area contributed by atoms with Crippen LogP contribution in [-0.2, 0) is 4.79 Å². The van der Waals surface area contributed by atoms with Crippen LogP contribution in [0.5, 0.6) is 11.5 Å². The number of para-hydroxylation sites is 1. The van der Waals surface area contributed by atoms with Crippen LogP contribution in [0.15, 0.2) is 83.9 Å². The fraction of sp³-hybridized carbons (Fsp3) is 0.120. The van der Waals surface area contributed by atoms with E-state index >= 15 is 0 Å². The van der Waals surface area contributed by atoms with Gasteiger partial charge in [-0.3, -0.25) is 4.79 Å². The van der Waals surface area contributed by atoms with E-state index in [2.05, 4.69) is 10.3 Å². The van der Waals surface area contributed by atoms with E-state index in [0.29, 0.717) is 0 Å². The number of H-pyrrole nitrogens is 1. The predicted molar refractivity (Wildman–Crippen MR) is 128 cm³/mol. The van der Waals surface area contributed by atoms with E-state index < -0.39 is 0 Å². The number of hydrogen-bond donors (Lipinski definition) is 2. The van der Waals surface area contributed by atoms with Gasteiger partial charge in [0, 0.05) is 16.8 Å². The van der Waals surface area contributed by atoms with Crippen molar-refractivity contribution in [1.29, 1.82) is 0 Å². The van der Waals surface area contributed by atoms with Gasteiger partial charge in [0.2, 0.25) is 5.91 Å². The van der Waals surface area contributed by atoms with Gasteiger partial charge in [-0.15, -0.1) is 0 Å². The molecule has 162 valence electrons. The van der Waals surface area contributed by atoms with Crippen molar-refractivity contribution >= 4 is 23.4 Å². The van der Waals surface area contributed by atoms with Crippen molar-refractivity contribution in [3.8, 4) is 34.1 Å². The van der Waals surface area contributed by atoms with Crippen molar-refractivity contribution in [3.05, 3.63) is 78.9 Å². The number of benzene rings is 3. The van der Waals surface area contributed by atoms with Gasteiger partial charge in [-0.05, 0) is 60.7 Å². The van der Waals surface area contributed by atoms with Crippen molar-refractivity contribution in [1.82, 2.24) is 9.97 Å². The van der Waals surface area contributed by atoms with Crippen LogP contribution in [0.2, 0.25) is 0 Å². The number of imidazole rings is 1. The molecule has 1 heterocycles. The summed E-state index contributed by atoms with van der Waals surface area (Å²) in [6.07, 6.45) is 0. The zero-order valence-electron chi connectivity index (χ0n) is 17.8. The molecule has 1 aromatic heterocycles. The summed E-state index contributed by atoms with van der Waals surface area (Å²) in [7, 11) is 3.28. The average Bonchev–Trinajstić information content (AvgIpc) is 3.28. The number of nitrogens with zero attached hydrogens (tertiary/aromatic N) is 1. The van der Waals surface area contributed by atoms with Gasteiger partial charge in [-0.25, -0.2) is 4.98 Å². The van der Waals surface area contributed by atoms with Crippen molar-refractivity contribution < 1.29 is 14.3 Å². The molecule has 0 spiro atoms. The molecule has 4 aromatic rings. The lowest BCUT2D eigenvalue weighted by atomic mass is 10.1. The monoisotopic (exact) mass is 445 g/mol. The lowest BCUT2D eigenvalue weighted by Crippen LogP contribution is -2.13. The van der Waals surface area contributed by atoms with E-state index in [-0.39, 0.29) is 11.7 Å². The second-order valence-electron chi connectivity index (χ2n) is 6.93. The minimum atomic E-state index is -0.0871. The van der Waals surface area contributed by atoms with Crippen molar-refractivity contribution in [3.63, 3.8) is 0 Å². The Kier molecular flexibility index (Phi) is 6.77. The Morgan fingerprint density at radius 3 is 2.06 bits per heavy atom. The highest BCUT2D eigenvalue weighted by Crippen LogP contribution is 2.33. The van der Waals surface area contributed by atoms with Gasteiger partial charge >= 0.3 is 0 Å². The number of nitrogens with one attached hydrogen (secondary N) is 2. The Morgan fingerprint density at radius 1 is 0.875 bits per heavy atom. The van der Waals surface area contributed by atoms with Gasteiger partial charge in [0.05, 0.1) is 25.7 Å². The lowest BCUT2D eigenvalue weighted by molar-refractivity contribution is -0.113. The highest BCUT2D eigenvalue weighted by Gasteiger charge is 2.16. The SMILES string of the molecule is COc1ccc(-c2nc(SCC(=O)Nc3ccccc3)c(-c3ccc(OC)cc3)[nH]2)cc1. The molecule has 0 aliphatic heterocycles. The first-order chi connectivity index (χ1) is 15.7. The van der Waals surface area contributed by atoms with Crippen molar-refractivity contribution in [2.75, 3.05) is 25.3 Å². The number of rotatable bonds is 8. The molecule has 0 atom stereocenters. The summed E-state index contributed by atoms with van der Waals surface area (Å²) >= 11 is 1.39.